The molecule has 108 valence electrons. The van der Waals surface area contributed by atoms with Crippen molar-refractivity contribution in [1.82, 2.24) is 15.2 Å². The second kappa shape index (κ2) is 5.79. The first-order valence-corrected chi connectivity index (χ1v) is 7.49. The minimum Gasteiger partial charge on any atom is -0.367 e. The van der Waals surface area contributed by atoms with Crippen molar-refractivity contribution in [1.29, 1.82) is 0 Å². The zero-order valence-corrected chi connectivity index (χ0v) is 11.6. The van der Waals surface area contributed by atoms with Gasteiger partial charge in [-0.3, -0.25) is 9.59 Å². The summed E-state index contributed by atoms with van der Waals surface area (Å²) in [4.78, 5) is 29.3. The highest BCUT2D eigenvalue weighted by molar-refractivity contribution is 5.94. The van der Waals surface area contributed by atoms with Crippen molar-refractivity contribution in [2.24, 2.45) is 0 Å². The van der Waals surface area contributed by atoms with Crippen LogP contribution in [-0.2, 0) is 0 Å². The van der Waals surface area contributed by atoms with Crippen LogP contribution in [0.5, 0.6) is 0 Å². The number of aromatic nitrogens is 1. The van der Waals surface area contributed by atoms with Gasteiger partial charge in [-0.05, 0) is 38.6 Å². The average Bonchev–Trinajstić information content (AvgIpc) is 3.01. The SMILES string of the molecule is O=C(c1c[nH]ccc1=O)N1CCCCC1C1CCCN1. The molecular formula is C15H21N3O2. The molecule has 2 aliphatic heterocycles. The predicted molar refractivity (Wildman–Crippen MR) is 76.8 cm³/mol. The molecule has 3 rings (SSSR count). The first-order chi connectivity index (χ1) is 9.77. The second-order valence-electron chi connectivity index (χ2n) is 5.69. The molecule has 0 aliphatic carbocycles. The van der Waals surface area contributed by atoms with Crippen LogP contribution in [0, 0.1) is 0 Å². The van der Waals surface area contributed by atoms with Gasteiger partial charge in [0.05, 0.1) is 0 Å². The van der Waals surface area contributed by atoms with Crippen LogP contribution in [-0.4, -0.2) is 41.0 Å². The van der Waals surface area contributed by atoms with Crippen LogP contribution >= 0.6 is 0 Å². The summed E-state index contributed by atoms with van der Waals surface area (Å²) in [5.41, 5.74) is 0.0647. The number of amides is 1. The number of pyridine rings is 1. The summed E-state index contributed by atoms with van der Waals surface area (Å²) in [6.07, 6.45) is 8.62. The first kappa shape index (κ1) is 13.4. The maximum atomic E-state index is 12.7. The Hall–Kier alpha value is -1.62. The number of nitrogens with one attached hydrogen (secondary N) is 2. The van der Waals surface area contributed by atoms with Crippen LogP contribution < -0.4 is 10.7 Å². The lowest BCUT2D eigenvalue weighted by molar-refractivity contribution is 0.0562. The summed E-state index contributed by atoms with van der Waals surface area (Å²) in [5.74, 6) is -0.120. The van der Waals surface area contributed by atoms with Gasteiger partial charge in [0.15, 0.2) is 5.43 Å². The molecule has 2 N–H and O–H groups in total. The van der Waals surface area contributed by atoms with E-state index in [1.165, 1.54) is 18.7 Å². The fraction of sp³-hybridized carbons (Fsp3) is 0.600. The molecule has 5 nitrogen and oxygen atoms in total. The number of hydrogen-bond acceptors (Lipinski definition) is 3. The molecular weight excluding hydrogens is 254 g/mol. The molecule has 0 bridgehead atoms. The van der Waals surface area contributed by atoms with Crippen molar-refractivity contribution in [3.05, 3.63) is 34.2 Å². The lowest BCUT2D eigenvalue weighted by atomic mass is 9.94. The summed E-state index contributed by atoms with van der Waals surface area (Å²) in [6.45, 7) is 1.80. The second-order valence-corrected chi connectivity index (χ2v) is 5.69. The van der Waals surface area contributed by atoms with Gasteiger partial charge in [0.25, 0.3) is 5.91 Å². The van der Waals surface area contributed by atoms with E-state index in [-0.39, 0.29) is 22.9 Å². The maximum absolute atomic E-state index is 12.7. The largest absolute Gasteiger partial charge is 0.367 e. The minimum atomic E-state index is -0.197. The number of carbonyl (C=O) groups excluding carboxylic acids is 1. The van der Waals surface area contributed by atoms with Gasteiger partial charge >= 0.3 is 0 Å². The average molecular weight is 275 g/mol. The molecule has 20 heavy (non-hydrogen) atoms. The van der Waals surface area contributed by atoms with Crippen molar-refractivity contribution in [2.75, 3.05) is 13.1 Å². The molecule has 0 aromatic carbocycles. The van der Waals surface area contributed by atoms with Gasteiger partial charge in [0, 0.05) is 37.1 Å². The van der Waals surface area contributed by atoms with Gasteiger partial charge in [-0.25, -0.2) is 0 Å². The van der Waals surface area contributed by atoms with E-state index in [4.69, 9.17) is 0 Å². The smallest absolute Gasteiger partial charge is 0.259 e. The number of likely N-dealkylation sites (tertiary alicyclic amines) is 1. The zero-order chi connectivity index (χ0) is 13.9. The molecule has 0 spiro atoms. The van der Waals surface area contributed by atoms with Gasteiger partial charge in [0.1, 0.15) is 5.56 Å². The summed E-state index contributed by atoms with van der Waals surface area (Å²) in [7, 11) is 0. The highest BCUT2D eigenvalue weighted by atomic mass is 16.2. The highest BCUT2D eigenvalue weighted by Crippen LogP contribution is 2.25. The van der Waals surface area contributed by atoms with Gasteiger partial charge in [-0.1, -0.05) is 0 Å². The fourth-order valence-electron chi connectivity index (χ4n) is 3.41. The highest BCUT2D eigenvalue weighted by Gasteiger charge is 2.35. The summed E-state index contributed by atoms with van der Waals surface area (Å²) < 4.78 is 0. The number of hydrogen-bond donors (Lipinski definition) is 2. The van der Waals surface area contributed by atoms with Crippen molar-refractivity contribution in [3.63, 3.8) is 0 Å². The fourth-order valence-corrected chi connectivity index (χ4v) is 3.41. The molecule has 1 amide bonds. The van der Waals surface area contributed by atoms with Crippen LogP contribution in [0.15, 0.2) is 23.3 Å². The Labute approximate surface area is 118 Å². The molecule has 5 heteroatoms. The Morgan fingerprint density at radius 2 is 2.15 bits per heavy atom. The third-order valence-electron chi connectivity index (χ3n) is 4.43. The number of H-pyrrole nitrogens is 1. The van der Waals surface area contributed by atoms with Crippen molar-refractivity contribution < 1.29 is 4.79 Å². The zero-order valence-electron chi connectivity index (χ0n) is 11.6. The van der Waals surface area contributed by atoms with Crippen molar-refractivity contribution in [3.8, 4) is 0 Å². The number of aromatic amines is 1. The lowest BCUT2D eigenvalue weighted by Gasteiger charge is -2.39. The number of piperidine rings is 1. The third-order valence-corrected chi connectivity index (χ3v) is 4.43. The van der Waals surface area contributed by atoms with Gasteiger partial charge in [-0.15, -0.1) is 0 Å². The Kier molecular flexibility index (Phi) is 3.87. The van der Waals surface area contributed by atoms with E-state index in [0.29, 0.717) is 6.04 Å². The quantitative estimate of drug-likeness (QED) is 0.850. The Morgan fingerprint density at radius 3 is 2.90 bits per heavy atom. The molecule has 2 saturated heterocycles. The van der Waals surface area contributed by atoms with Crippen LogP contribution in [0.25, 0.3) is 0 Å². The summed E-state index contributed by atoms with van der Waals surface area (Å²) in [6, 6.07) is 2.04. The van der Waals surface area contributed by atoms with E-state index in [0.717, 1.165) is 38.8 Å². The molecule has 3 heterocycles. The lowest BCUT2D eigenvalue weighted by Crippen LogP contribution is -2.53. The molecule has 1 aromatic heterocycles. The molecule has 2 aliphatic rings. The standard InChI is InChI=1S/C15H21N3O2/c19-14-6-8-16-10-11(14)15(20)18-9-2-1-5-13(18)12-4-3-7-17-12/h6,8,10,12-13,17H,1-5,7,9H2,(H,16,19). The van der Waals surface area contributed by atoms with E-state index < -0.39 is 0 Å². The third kappa shape index (κ3) is 2.50. The topological polar surface area (TPSA) is 65.2 Å². The van der Waals surface area contributed by atoms with Crippen LogP contribution in [0.1, 0.15) is 42.5 Å². The molecule has 2 fully saturated rings. The maximum Gasteiger partial charge on any atom is 0.259 e. The van der Waals surface area contributed by atoms with E-state index in [2.05, 4.69) is 10.3 Å². The van der Waals surface area contributed by atoms with Crippen LogP contribution in [0.4, 0.5) is 0 Å². The molecule has 2 atom stereocenters. The Balaban J connectivity index is 1.84. The minimum absolute atomic E-state index is 0.120. The number of rotatable bonds is 2. The van der Waals surface area contributed by atoms with Gasteiger partial charge < -0.3 is 15.2 Å². The van der Waals surface area contributed by atoms with Crippen molar-refractivity contribution in [2.45, 2.75) is 44.2 Å². The van der Waals surface area contributed by atoms with Crippen LogP contribution in [0.3, 0.4) is 0 Å². The van der Waals surface area contributed by atoms with Gasteiger partial charge in [-0.2, -0.15) is 0 Å². The first-order valence-electron chi connectivity index (χ1n) is 7.49. The van der Waals surface area contributed by atoms with E-state index >= 15 is 0 Å². The normalized spacial score (nSPS) is 26.7. The summed E-state index contributed by atoms with van der Waals surface area (Å²) in [5, 5.41) is 3.50. The Morgan fingerprint density at radius 1 is 1.25 bits per heavy atom. The molecule has 2 unspecified atom stereocenters. The number of nitrogens with zero attached hydrogens (tertiary/aromatic N) is 1. The van der Waals surface area contributed by atoms with Crippen molar-refractivity contribution >= 4 is 5.91 Å². The monoisotopic (exact) mass is 275 g/mol. The van der Waals surface area contributed by atoms with Gasteiger partial charge in [0.2, 0.25) is 0 Å². The van der Waals surface area contributed by atoms with E-state index in [1.54, 1.807) is 6.20 Å². The molecule has 0 saturated carbocycles. The molecule has 1 aromatic rings. The van der Waals surface area contributed by atoms with Crippen LogP contribution in [0.2, 0.25) is 0 Å². The molecule has 0 radical (unpaired) electrons. The Bertz CT molecular complexity index is 534. The summed E-state index contributed by atoms with van der Waals surface area (Å²) >= 11 is 0. The predicted octanol–water partition coefficient (Wildman–Crippen LogP) is 1.12. The van der Waals surface area contributed by atoms with E-state index in [9.17, 15) is 9.59 Å². The number of carbonyl (C=O) groups is 1. The van der Waals surface area contributed by atoms with E-state index in [1.807, 2.05) is 4.90 Å².